The highest BCUT2D eigenvalue weighted by atomic mass is 15.1. The van der Waals surface area contributed by atoms with Crippen LogP contribution < -0.4 is 5.73 Å². The van der Waals surface area contributed by atoms with E-state index in [0.717, 1.165) is 5.92 Å². The third kappa shape index (κ3) is 4.73. The number of hydrogen-bond acceptors (Lipinski definition) is 2. The van der Waals surface area contributed by atoms with Crippen molar-refractivity contribution in [2.45, 2.75) is 79.2 Å². The second-order valence-electron chi connectivity index (χ2n) is 7.56. The predicted molar refractivity (Wildman–Crippen MR) is 89.9 cm³/mol. The first-order valence-corrected chi connectivity index (χ1v) is 8.91. The molecule has 1 aliphatic carbocycles. The number of nitrogens with two attached hydrogens (primary N) is 1. The fourth-order valence-corrected chi connectivity index (χ4v) is 3.64. The van der Waals surface area contributed by atoms with Crippen LogP contribution in [-0.2, 0) is 0 Å². The van der Waals surface area contributed by atoms with Gasteiger partial charge < -0.3 is 10.6 Å². The number of unbranched alkanes of at least 4 members (excludes halogenated alkanes) is 2. The summed E-state index contributed by atoms with van der Waals surface area (Å²) >= 11 is 0. The van der Waals surface area contributed by atoms with E-state index in [1.54, 1.807) is 0 Å². The number of hydrogen-bond donors (Lipinski definition) is 1. The van der Waals surface area contributed by atoms with Crippen molar-refractivity contribution in [3.8, 4) is 0 Å². The third-order valence-corrected chi connectivity index (χ3v) is 5.85. The summed E-state index contributed by atoms with van der Waals surface area (Å²) in [5.41, 5.74) is 6.68. The van der Waals surface area contributed by atoms with E-state index in [0.29, 0.717) is 17.4 Å². The molecule has 0 radical (unpaired) electrons. The SMILES string of the molecule is CCCCN(CCCC)CC1CCC(N)C(C)C1(C)C. The van der Waals surface area contributed by atoms with E-state index < -0.39 is 0 Å². The number of nitrogens with zero attached hydrogens (tertiary/aromatic N) is 1. The predicted octanol–water partition coefficient (Wildman–Crippen LogP) is 4.29. The zero-order chi connectivity index (χ0) is 15.2. The Morgan fingerprint density at radius 2 is 1.60 bits per heavy atom. The average molecular weight is 283 g/mol. The fraction of sp³-hybridized carbons (Fsp3) is 1.00. The maximum Gasteiger partial charge on any atom is 0.00698 e. The molecule has 0 spiro atoms. The highest BCUT2D eigenvalue weighted by Crippen LogP contribution is 2.44. The molecule has 20 heavy (non-hydrogen) atoms. The quantitative estimate of drug-likeness (QED) is 0.719. The minimum atomic E-state index is 0.383. The number of rotatable bonds is 8. The largest absolute Gasteiger partial charge is 0.327 e. The summed E-state index contributed by atoms with van der Waals surface area (Å²) in [7, 11) is 0. The normalized spacial score (nSPS) is 29.9. The lowest BCUT2D eigenvalue weighted by molar-refractivity contribution is 0.0280. The summed E-state index contributed by atoms with van der Waals surface area (Å²) in [6, 6.07) is 0.404. The van der Waals surface area contributed by atoms with Gasteiger partial charge in [0.1, 0.15) is 0 Å². The van der Waals surface area contributed by atoms with Gasteiger partial charge in [0.2, 0.25) is 0 Å². The van der Waals surface area contributed by atoms with Crippen LogP contribution in [0.5, 0.6) is 0 Å². The Morgan fingerprint density at radius 3 is 2.10 bits per heavy atom. The first-order valence-electron chi connectivity index (χ1n) is 8.91. The van der Waals surface area contributed by atoms with Crippen molar-refractivity contribution in [1.82, 2.24) is 4.90 Å². The maximum atomic E-state index is 6.29. The van der Waals surface area contributed by atoms with Gasteiger partial charge in [0.05, 0.1) is 0 Å². The van der Waals surface area contributed by atoms with Crippen LogP contribution in [0.15, 0.2) is 0 Å². The van der Waals surface area contributed by atoms with Gasteiger partial charge in [0.25, 0.3) is 0 Å². The Balaban J connectivity index is 2.61. The second-order valence-corrected chi connectivity index (χ2v) is 7.56. The minimum absolute atomic E-state index is 0.383. The van der Waals surface area contributed by atoms with Crippen LogP contribution in [-0.4, -0.2) is 30.6 Å². The van der Waals surface area contributed by atoms with Crippen LogP contribution in [0.25, 0.3) is 0 Å². The highest BCUT2D eigenvalue weighted by Gasteiger charge is 2.41. The molecular weight excluding hydrogens is 244 g/mol. The molecule has 2 heteroatoms. The average Bonchev–Trinajstić information content (AvgIpc) is 2.42. The van der Waals surface area contributed by atoms with E-state index in [9.17, 15) is 0 Å². The van der Waals surface area contributed by atoms with E-state index in [2.05, 4.69) is 39.5 Å². The lowest BCUT2D eigenvalue weighted by Crippen LogP contribution is -2.50. The topological polar surface area (TPSA) is 29.3 Å². The zero-order valence-electron chi connectivity index (χ0n) is 14.6. The Hall–Kier alpha value is -0.0800. The van der Waals surface area contributed by atoms with Gasteiger partial charge in [-0.05, 0) is 56.0 Å². The second kappa shape index (κ2) is 8.38. The van der Waals surface area contributed by atoms with Crippen molar-refractivity contribution in [2.75, 3.05) is 19.6 Å². The molecule has 1 aliphatic rings. The van der Waals surface area contributed by atoms with E-state index in [1.165, 1.54) is 58.2 Å². The summed E-state index contributed by atoms with van der Waals surface area (Å²) in [4.78, 5) is 2.73. The first kappa shape index (κ1) is 18.0. The highest BCUT2D eigenvalue weighted by molar-refractivity contribution is 4.94. The molecule has 120 valence electrons. The molecule has 0 amide bonds. The van der Waals surface area contributed by atoms with Crippen molar-refractivity contribution in [3.05, 3.63) is 0 Å². The van der Waals surface area contributed by atoms with Gasteiger partial charge in [-0.3, -0.25) is 0 Å². The molecule has 0 bridgehead atoms. The summed E-state index contributed by atoms with van der Waals surface area (Å²) in [6.45, 7) is 15.7. The van der Waals surface area contributed by atoms with Gasteiger partial charge in [-0.15, -0.1) is 0 Å². The summed E-state index contributed by atoms with van der Waals surface area (Å²) in [5.74, 6) is 1.45. The molecule has 2 nitrogen and oxygen atoms in total. The molecule has 3 atom stereocenters. The lowest BCUT2D eigenvalue weighted by Gasteiger charge is -2.48. The van der Waals surface area contributed by atoms with E-state index in [4.69, 9.17) is 5.73 Å². The molecule has 0 aromatic carbocycles. The molecular formula is C18H38N2. The standard InChI is InChI=1S/C18H38N2/c1-6-8-12-20(13-9-7-2)14-16-10-11-17(19)15(3)18(16,4)5/h15-17H,6-14,19H2,1-5H3. The van der Waals surface area contributed by atoms with Crippen LogP contribution in [0.4, 0.5) is 0 Å². The minimum Gasteiger partial charge on any atom is -0.327 e. The molecule has 0 aromatic heterocycles. The Bertz CT molecular complexity index is 254. The van der Waals surface area contributed by atoms with Gasteiger partial charge in [-0.2, -0.15) is 0 Å². The van der Waals surface area contributed by atoms with E-state index in [-0.39, 0.29) is 0 Å². The van der Waals surface area contributed by atoms with Crippen LogP contribution >= 0.6 is 0 Å². The van der Waals surface area contributed by atoms with Gasteiger partial charge >= 0.3 is 0 Å². The Labute approximate surface area is 127 Å². The van der Waals surface area contributed by atoms with Crippen molar-refractivity contribution in [2.24, 2.45) is 23.0 Å². The molecule has 0 saturated heterocycles. The van der Waals surface area contributed by atoms with E-state index in [1.807, 2.05) is 0 Å². The fourth-order valence-electron chi connectivity index (χ4n) is 3.64. The van der Waals surface area contributed by atoms with Crippen LogP contribution in [0.1, 0.15) is 73.1 Å². The molecule has 1 fully saturated rings. The third-order valence-electron chi connectivity index (χ3n) is 5.85. The van der Waals surface area contributed by atoms with Gasteiger partial charge in [-0.25, -0.2) is 0 Å². The van der Waals surface area contributed by atoms with Crippen LogP contribution in [0.2, 0.25) is 0 Å². The molecule has 0 heterocycles. The summed E-state index contributed by atoms with van der Waals surface area (Å²) in [6.07, 6.45) is 7.81. The Morgan fingerprint density at radius 1 is 1.05 bits per heavy atom. The van der Waals surface area contributed by atoms with Gasteiger partial charge in [0, 0.05) is 12.6 Å². The lowest BCUT2D eigenvalue weighted by atomic mass is 9.61. The van der Waals surface area contributed by atoms with Crippen LogP contribution in [0.3, 0.4) is 0 Å². The molecule has 0 aromatic rings. The molecule has 0 aliphatic heterocycles. The zero-order valence-corrected chi connectivity index (χ0v) is 14.6. The Kier molecular flexibility index (Phi) is 7.53. The van der Waals surface area contributed by atoms with Crippen molar-refractivity contribution in [1.29, 1.82) is 0 Å². The maximum absolute atomic E-state index is 6.29. The molecule has 3 unspecified atom stereocenters. The van der Waals surface area contributed by atoms with Gasteiger partial charge in [-0.1, -0.05) is 47.5 Å². The van der Waals surface area contributed by atoms with Gasteiger partial charge in [0.15, 0.2) is 0 Å². The van der Waals surface area contributed by atoms with Crippen molar-refractivity contribution < 1.29 is 0 Å². The molecule has 1 saturated carbocycles. The van der Waals surface area contributed by atoms with Crippen molar-refractivity contribution in [3.63, 3.8) is 0 Å². The van der Waals surface area contributed by atoms with Crippen LogP contribution in [0, 0.1) is 17.3 Å². The summed E-state index contributed by atoms with van der Waals surface area (Å²) < 4.78 is 0. The van der Waals surface area contributed by atoms with E-state index >= 15 is 0 Å². The smallest absolute Gasteiger partial charge is 0.00698 e. The molecule has 2 N–H and O–H groups in total. The van der Waals surface area contributed by atoms with Crippen molar-refractivity contribution >= 4 is 0 Å². The monoisotopic (exact) mass is 282 g/mol. The molecule has 1 rings (SSSR count). The first-order chi connectivity index (χ1) is 9.43. The summed E-state index contributed by atoms with van der Waals surface area (Å²) in [5, 5.41) is 0.